The van der Waals surface area contributed by atoms with Gasteiger partial charge in [0.2, 0.25) is 0 Å². The molecule has 2 aromatic carbocycles. The molecule has 0 aliphatic carbocycles. The zero-order valence-electron chi connectivity index (χ0n) is 14.2. The van der Waals surface area contributed by atoms with Crippen molar-refractivity contribution in [1.29, 1.82) is 0 Å². The highest BCUT2D eigenvalue weighted by Gasteiger charge is 2.16. The quantitative estimate of drug-likeness (QED) is 0.601. The van der Waals surface area contributed by atoms with Crippen LogP contribution in [-0.2, 0) is 4.74 Å². The molecular formula is C19H18ClNO3S. The summed E-state index contributed by atoms with van der Waals surface area (Å²) in [4.78, 5) is 17.3. The Bertz CT molecular complexity index is 936. The Balaban J connectivity index is 2.03. The van der Waals surface area contributed by atoms with Crippen LogP contribution in [0.1, 0.15) is 23.0 Å². The predicted molar refractivity (Wildman–Crippen MR) is 101 cm³/mol. The van der Waals surface area contributed by atoms with Gasteiger partial charge in [0.25, 0.3) is 0 Å². The molecule has 25 heavy (non-hydrogen) atoms. The van der Waals surface area contributed by atoms with Crippen molar-refractivity contribution >= 4 is 40.2 Å². The Morgan fingerprint density at radius 1 is 1.24 bits per heavy atom. The van der Waals surface area contributed by atoms with Gasteiger partial charge in [-0.1, -0.05) is 29.4 Å². The maximum absolute atomic E-state index is 12.0. The Kier molecular flexibility index (Phi) is 5.25. The van der Waals surface area contributed by atoms with Gasteiger partial charge in [0.15, 0.2) is 0 Å². The monoisotopic (exact) mass is 375 g/mol. The zero-order chi connectivity index (χ0) is 18.0. The third-order valence-electron chi connectivity index (χ3n) is 3.78. The summed E-state index contributed by atoms with van der Waals surface area (Å²) in [5, 5.41) is 1.77. The number of hydrogen-bond acceptors (Lipinski definition) is 4. The van der Waals surface area contributed by atoms with Crippen LogP contribution in [0.3, 0.4) is 0 Å². The highest BCUT2D eigenvalue weighted by atomic mass is 35.5. The highest BCUT2D eigenvalue weighted by Crippen LogP contribution is 2.41. The Hall–Kier alpha value is -2.11. The lowest BCUT2D eigenvalue weighted by Crippen LogP contribution is -2.04. The van der Waals surface area contributed by atoms with Crippen LogP contribution in [0.4, 0.5) is 0 Å². The van der Waals surface area contributed by atoms with E-state index in [1.807, 2.05) is 25.1 Å². The van der Waals surface area contributed by atoms with E-state index in [2.05, 4.69) is 4.98 Å². The van der Waals surface area contributed by atoms with E-state index in [1.165, 1.54) is 0 Å². The average molecular weight is 376 g/mol. The molecule has 0 spiro atoms. The smallest absolute Gasteiger partial charge is 0.338 e. The maximum atomic E-state index is 12.0. The molecule has 130 valence electrons. The first-order valence-electron chi connectivity index (χ1n) is 7.84. The van der Waals surface area contributed by atoms with Crippen molar-refractivity contribution in [2.24, 2.45) is 0 Å². The minimum Gasteiger partial charge on any atom is -0.496 e. The third kappa shape index (κ3) is 3.62. The number of methoxy groups -OCH3 is 1. The first-order valence-corrected chi connectivity index (χ1v) is 9.03. The van der Waals surface area contributed by atoms with Crippen LogP contribution < -0.4 is 4.74 Å². The molecule has 0 radical (unpaired) electrons. The summed E-state index contributed by atoms with van der Waals surface area (Å²) in [5.41, 5.74) is 2.52. The van der Waals surface area contributed by atoms with Gasteiger partial charge in [-0.3, -0.25) is 0 Å². The SMILES string of the molecule is CCOC(=O)c1ccc(OC)c(Sc2c(C)[nH]c3cc(Cl)ccc23)c1. The van der Waals surface area contributed by atoms with E-state index in [1.54, 1.807) is 44.0 Å². The molecule has 0 unspecified atom stereocenters. The lowest BCUT2D eigenvalue weighted by atomic mass is 10.2. The molecule has 0 fully saturated rings. The predicted octanol–water partition coefficient (Wildman–Crippen LogP) is 5.47. The summed E-state index contributed by atoms with van der Waals surface area (Å²) in [5.74, 6) is 0.371. The number of aromatic nitrogens is 1. The van der Waals surface area contributed by atoms with Crippen LogP contribution in [0.15, 0.2) is 46.2 Å². The van der Waals surface area contributed by atoms with Crippen molar-refractivity contribution in [3.63, 3.8) is 0 Å². The number of carbonyl (C=O) groups excluding carboxylic acids is 1. The normalized spacial score (nSPS) is 10.9. The third-order valence-corrected chi connectivity index (χ3v) is 5.28. The molecule has 0 saturated heterocycles. The number of ether oxygens (including phenoxy) is 2. The van der Waals surface area contributed by atoms with E-state index in [9.17, 15) is 4.79 Å². The number of aromatic amines is 1. The van der Waals surface area contributed by atoms with Crippen LogP contribution in [-0.4, -0.2) is 24.7 Å². The summed E-state index contributed by atoms with van der Waals surface area (Å²) >= 11 is 7.63. The molecule has 1 aromatic heterocycles. The first-order chi connectivity index (χ1) is 12.0. The van der Waals surface area contributed by atoms with Gasteiger partial charge in [0.1, 0.15) is 5.75 Å². The number of H-pyrrole nitrogens is 1. The fourth-order valence-corrected chi connectivity index (χ4v) is 3.94. The second-order valence-corrected chi connectivity index (χ2v) is 6.95. The Labute approximate surface area is 155 Å². The Morgan fingerprint density at radius 2 is 2.04 bits per heavy atom. The molecule has 4 nitrogen and oxygen atoms in total. The molecule has 0 amide bonds. The van der Waals surface area contributed by atoms with Gasteiger partial charge in [-0.05, 0) is 44.2 Å². The van der Waals surface area contributed by atoms with Gasteiger partial charge in [0, 0.05) is 26.5 Å². The number of nitrogens with one attached hydrogen (secondary N) is 1. The molecule has 1 heterocycles. The topological polar surface area (TPSA) is 51.3 Å². The number of aryl methyl sites for hydroxylation is 1. The molecule has 3 aromatic rings. The van der Waals surface area contributed by atoms with Gasteiger partial charge in [-0.2, -0.15) is 0 Å². The largest absolute Gasteiger partial charge is 0.496 e. The first kappa shape index (κ1) is 17.7. The van der Waals surface area contributed by atoms with E-state index in [0.29, 0.717) is 22.9 Å². The van der Waals surface area contributed by atoms with Gasteiger partial charge in [0.05, 0.1) is 24.2 Å². The van der Waals surface area contributed by atoms with Crippen LogP contribution >= 0.6 is 23.4 Å². The summed E-state index contributed by atoms with van der Waals surface area (Å²) in [6, 6.07) is 11.1. The molecule has 1 N–H and O–H groups in total. The number of benzene rings is 2. The second kappa shape index (κ2) is 7.42. The van der Waals surface area contributed by atoms with E-state index in [0.717, 1.165) is 26.4 Å². The summed E-state index contributed by atoms with van der Waals surface area (Å²) < 4.78 is 10.5. The van der Waals surface area contributed by atoms with Gasteiger partial charge in [-0.25, -0.2) is 4.79 Å². The van der Waals surface area contributed by atoms with Crippen molar-refractivity contribution in [2.45, 2.75) is 23.6 Å². The van der Waals surface area contributed by atoms with Crippen molar-refractivity contribution < 1.29 is 14.3 Å². The molecule has 0 saturated carbocycles. The molecule has 0 bridgehead atoms. The van der Waals surface area contributed by atoms with Crippen LogP contribution in [0.5, 0.6) is 5.75 Å². The maximum Gasteiger partial charge on any atom is 0.338 e. The van der Waals surface area contributed by atoms with E-state index >= 15 is 0 Å². The van der Waals surface area contributed by atoms with Crippen LogP contribution in [0.25, 0.3) is 10.9 Å². The van der Waals surface area contributed by atoms with E-state index in [4.69, 9.17) is 21.1 Å². The minimum atomic E-state index is -0.338. The number of fused-ring (bicyclic) bond motifs is 1. The molecule has 6 heteroatoms. The number of hydrogen-bond donors (Lipinski definition) is 1. The highest BCUT2D eigenvalue weighted by molar-refractivity contribution is 7.99. The second-order valence-electron chi connectivity index (χ2n) is 5.46. The van der Waals surface area contributed by atoms with Crippen molar-refractivity contribution in [3.05, 3.63) is 52.7 Å². The number of halogens is 1. The van der Waals surface area contributed by atoms with E-state index < -0.39 is 0 Å². The summed E-state index contributed by atoms with van der Waals surface area (Å²) in [6.45, 7) is 4.14. The number of rotatable bonds is 5. The van der Waals surface area contributed by atoms with Crippen molar-refractivity contribution in [2.75, 3.05) is 13.7 Å². The fraction of sp³-hybridized carbons (Fsp3) is 0.211. The Morgan fingerprint density at radius 3 is 2.76 bits per heavy atom. The van der Waals surface area contributed by atoms with Gasteiger partial charge in [-0.15, -0.1) is 0 Å². The minimum absolute atomic E-state index is 0.338. The molecule has 0 aliphatic heterocycles. The number of carbonyl (C=O) groups is 1. The molecular weight excluding hydrogens is 358 g/mol. The standard InChI is InChI=1S/C19H18ClNO3S/c1-4-24-19(22)12-5-8-16(23-3)17(9-12)25-18-11(2)21-15-10-13(20)6-7-14(15)18/h5-10,21H,4H2,1-3H3. The van der Waals surface area contributed by atoms with Crippen molar-refractivity contribution in [3.8, 4) is 5.75 Å². The summed E-state index contributed by atoms with van der Waals surface area (Å²) in [7, 11) is 1.62. The zero-order valence-corrected chi connectivity index (χ0v) is 15.8. The van der Waals surface area contributed by atoms with Crippen LogP contribution in [0, 0.1) is 6.92 Å². The lowest BCUT2D eigenvalue weighted by molar-refractivity contribution is 0.0526. The molecule has 0 aliphatic rings. The number of esters is 1. The van der Waals surface area contributed by atoms with Crippen LogP contribution in [0.2, 0.25) is 5.02 Å². The summed E-state index contributed by atoms with van der Waals surface area (Å²) in [6.07, 6.45) is 0. The van der Waals surface area contributed by atoms with Gasteiger partial charge >= 0.3 is 5.97 Å². The fourth-order valence-electron chi connectivity index (χ4n) is 2.62. The lowest BCUT2D eigenvalue weighted by Gasteiger charge is -2.10. The molecule has 3 rings (SSSR count). The van der Waals surface area contributed by atoms with Gasteiger partial charge < -0.3 is 14.5 Å². The van der Waals surface area contributed by atoms with E-state index in [-0.39, 0.29) is 5.97 Å². The average Bonchev–Trinajstić information content (AvgIpc) is 2.89. The molecule has 0 atom stereocenters. The van der Waals surface area contributed by atoms with Crippen molar-refractivity contribution in [1.82, 2.24) is 4.98 Å².